The zero-order chi connectivity index (χ0) is 20.3. The maximum absolute atomic E-state index is 12.5. The van der Waals surface area contributed by atoms with Crippen molar-refractivity contribution in [3.05, 3.63) is 29.8 Å². The summed E-state index contributed by atoms with van der Waals surface area (Å²) in [5, 5.41) is 0. The molecule has 5 atom stereocenters. The molecule has 0 amide bonds. The lowest BCUT2D eigenvalue weighted by Gasteiger charge is -2.18. The Bertz CT molecular complexity index is 750. The van der Waals surface area contributed by atoms with E-state index in [4.69, 9.17) is 40.0 Å². The lowest BCUT2D eigenvalue weighted by atomic mass is 10.1. The molecular formula is C18H19ClO9. The van der Waals surface area contributed by atoms with Crippen molar-refractivity contribution in [2.75, 3.05) is 13.2 Å². The normalized spacial score (nSPS) is 26.8. The standard InChI is InChI=1S/C18H19ClO9/c1-9(19)25-18(22)28-14-8-24-15-13(7-23-16(14)15)27-17(21)11-5-3-4-6-12(11)26-10(2)20/h3-6,9,13-16H,7-8H2,1-2H3/t9?,13-,14+,15?,16?/m0/s1. The number of carbonyl (C=O) groups excluding carboxylic acids is 3. The lowest BCUT2D eigenvalue weighted by Crippen LogP contribution is -2.36. The van der Waals surface area contributed by atoms with E-state index in [0.717, 1.165) is 0 Å². The zero-order valence-electron chi connectivity index (χ0n) is 15.2. The molecule has 2 saturated heterocycles. The quantitative estimate of drug-likeness (QED) is 0.406. The number of carbonyl (C=O) groups is 3. The first-order valence-electron chi connectivity index (χ1n) is 8.58. The molecule has 9 nitrogen and oxygen atoms in total. The van der Waals surface area contributed by atoms with Crippen molar-refractivity contribution in [2.24, 2.45) is 0 Å². The van der Waals surface area contributed by atoms with E-state index >= 15 is 0 Å². The first-order valence-corrected chi connectivity index (χ1v) is 9.01. The van der Waals surface area contributed by atoms with Gasteiger partial charge in [0.15, 0.2) is 17.8 Å². The van der Waals surface area contributed by atoms with E-state index < -0.39 is 48.1 Å². The Morgan fingerprint density at radius 3 is 2.29 bits per heavy atom. The van der Waals surface area contributed by atoms with Crippen molar-refractivity contribution < 1.29 is 42.8 Å². The predicted molar refractivity (Wildman–Crippen MR) is 93.1 cm³/mol. The zero-order valence-corrected chi connectivity index (χ0v) is 15.9. The van der Waals surface area contributed by atoms with E-state index in [1.54, 1.807) is 12.1 Å². The lowest BCUT2D eigenvalue weighted by molar-refractivity contribution is -0.131. The second-order valence-corrected chi connectivity index (χ2v) is 6.81. The van der Waals surface area contributed by atoms with E-state index in [-0.39, 0.29) is 24.5 Å². The van der Waals surface area contributed by atoms with Crippen molar-refractivity contribution in [3.63, 3.8) is 0 Å². The first-order chi connectivity index (χ1) is 13.3. The van der Waals surface area contributed by atoms with Gasteiger partial charge in [-0.3, -0.25) is 4.79 Å². The van der Waals surface area contributed by atoms with Crippen molar-refractivity contribution in [3.8, 4) is 5.75 Å². The number of fused-ring (bicyclic) bond motifs is 1. The van der Waals surface area contributed by atoms with Crippen LogP contribution in [0.5, 0.6) is 5.75 Å². The van der Waals surface area contributed by atoms with Gasteiger partial charge in [-0.2, -0.15) is 0 Å². The summed E-state index contributed by atoms with van der Waals surface area (Å²) in [5.74, 6) is -1.14. The molecule has 1 aromatic rings. The van der Waals surface area contributed by atoms with Crippen LogP contribution in [-0.4, -0.2) is 61.3 Å². The maximum atomic E-state index is 12.5. The SMILES string of the molecule is CC(=O)Oc1ccccc1C(=O)O[C@H]1COC2C1OC[C@H]2OC(=O)OC(C)Cl. The highest BCUT2D eigenvalue weighted by molar-refractivity contribution is 6.19. The molecule has 3 unspecified atom stereocenters. The minimum absolute atomic E-state index is 0.0671. The fraction of sp³-hybridized carbons (Fsp3) is 0.500. The number of esters is 2. The van der Waals surface area contributed by atoms with Gasteiger partial charge in [0.2, 0.25) is 0 Å². The number of alkyl halides is 1. The third-order valence-electron chi connectivity index (χ3n) is 4.09. The summed E-state index contributed by atoms with van der Waals surface area (Å²) >= 11 is 5.58. The van der Waals surface area contributed by atoms with Crippen LogP contribution in [0.1, 0.15) is 24.2 Å². The molecule has 152 valence electrons. The summed E-state index contributed by atoms with van der Waals surface area (Å²) in [6.45, 7) is 2.85. The maximum Gasteiger partial charge on any atom is 0.510 e. The number of rotatable bonds is 5. The van der Waals surface area contributed by atoms with Gasteiger partial charge in [0.05, 0.1) is 13.2 Å². The molecular weight excluding hydrogens is 396 g/mol. The molecule has 2 aliphatic rings. The van der Waals surface area contributed by atoms with Gasteiger partial charge < -0.3 is 28.4 Å². The van der Waals surface area contributed by atoms with Crippen LogP contribution in [0.2, 0.25) is 0 Å². The molecule has 2 heterocycles. The Kier molecular flexibility index (Phi) is 6.38. The van der Waals surface area contributed by atoms with Crippen LogP contribution in [0.25, 0.3) is 0 Å². The molecule has 0 spiro atoms. The Morgan fingerprint density at radius 2 is 1.68 bits per heavy atom. The highest BCUT2D eigenvalue weighted by Gasteiger charge is 2.51. The number of hydrogen-bond acceptors (Lipinski definition) is 9. The Hall–Kier alpha value is -2.36. The van der Waals surface area contributed by atoms with Crippen LogP contribution in [0.4, 0.5) is 4.79 Å². The van der Waals surface area contributed by atoms with Crippen molar-refractivity contribution in [1.82, 2.24) is 0 Å². The van der Waals surface area contributed by atoms with Gasteiger partial charge in [-0.1, -0.05) is 23.7 Å². The van der Waals surface area contributed by atoms with E-state index in [9.17, 15) is 14.4 Å². The number of hydrogen-bond donors (Lipinski definition) is 0. The molecule has 0 aromatic heterocycles. The molecule has 28 heavy (non-hydrogen) atoms. The van der Waals surface area contributed by atoms with E-state index in [1.165, 1.54) is 26.0 Å². The monoisotopic (exact) mass is 414 g/mol. The Morgan fingerprint density at radius 1 is 1.07 bits per heavy atom. The highest BCUT2D eigenvalue weighted by atomic mass is 35.5. The average molecular weight is 415 g/mol. The van der Waals surface area contributed by atoms with Gasteiger partial charge in [0, 0.05) is 6.92 Å². The fourth-order valence-electron chi connectivity index (χ4n) is 3.00. The molecule has 3 rings (SSSR count). The van der Waals surface area contributed by atoms with Gasteiger partial charge in [0.25, 0.3) is 0 Å². The minimum Gasteiger partial charge on any atom is -0.453 e. The predicted octanol–water partition coefficient (Wildman–Crippen LogP) is 2.04. The van der Waals surface area contributed by atoms with Gasteiger partial charge >= 0.3 is 18.1 Å². The topological polar surface area (TPSA) is 107 Å². The summed E-state index contributed by atoms with van der Waals surface area (Å²) in [5.41, 5.74) is -0.729. The van der Waals surface area contributed by atoms with Gasteiger partial charge in [-0.05, 0) is 19.1 Å². The Labute approximate surface area is 165 Å². The molecule has 0 saturated carbocycles. The fourth-order valence-corrected chi connectivity index (χ4v) is 3.07. The van der Waals surface area contributed by atoms with E-state index in [0.29, 0.717) is 0 Å². The molecule has 0 bridgehead atoms. The largest absolute Gasteiger partial charge is 0.510 e. The number of para-hydroxylation sites is 1. The smallest absolute Gasteiger partial charge is 0.453 e. The van der Waals surface area contributed by atoms with E-state index in [2.05, 4.69) is 0 Å². The van der Waals surface area contributed by atoms with Crippen LogP contribution in [0, 0.1) is 0 Å². The van der Waals surface area contributed by atoms with Gasteiger partial charge in [-0.25, -0.2) is 9.59 Å². The third-order valence-corrected chi connectivity index (χ3v) is 4.18. The average Bonchev–Trinajstić information content (AvgIpc) is 3.18. The highest BCUT2D eigenvalue weighted by Crippen LogP contribution is 2.32. The van der Waals surface area contributed by atoms with Crippen molar-refractivity contribution >= 4 is 29.7 Å². The Balaban J connectivity index is 1.61. The van der Waals surface area contributed by atoms with Crippen LogP contribution in [0.3, 0.4) is 0 Å². The molecule has 0 radical (unpaired) electrons. The number of ether oxygens (including phenoxy) is 6. The van der Waals surface area contributed by atoms with Gasteiger partial charge in [0.1, 0.15) is 23.5 Å². The first kappa shape index (κ1) is 20.4. The molecule has 1 aromatic carbocycles. The minimum atomic E-state index is -0.934. The van der Waals surface area contributed by atoms with Crippen LogP contribution >= 0.6 is 11.6 Å². The van der Waals surface area contributed by atoms with Crippen LogP contribution in [-0.2, 0) is 28.5 Å². The van der Waals surface area contributed by atoms with Crippen LogP contribution < -0.4 is 4.74 Å². The summed E-state index contributed by atoms with van der Waals surface area (Å²) in [7, 11) is 0. The summed E-state index contributed by atoms with van der Waals surface area (Å²) < 4.78 is 31.5. The molecule has 10 heteroatoms. The van der Waals surface area contributed by atoms with E-state index in [1.807, 2.05) is 0 Å². The summed E-state index contributed by atoms with van der Waals surface area (Å²) in [6, 6.07) is 6.23. The van der Waals surface area contributed by atoms with Gasteiger partial charge in [-0.15, -0.1) is 0 Å². The number of benzene rings is 1. The second kappa shape index (κ2) is 8.76. The summed E-state index contributed by atoms with van der Waals surface area (Å²) in [6.07, 6.45) is -3.55. The number of halogens is 1. The molecule has 0 N–H and O–H groups in total. The van der Waals surface area contributed by atoms with Crippen molar-refractivity contribution in [2.45, 2.75) is 43.8 Å². The second-order valence-electron chi connectivity index (χ2n) is 6.20. The third kappa shape index (κ3) is 4.73. The molecule has 2 fully saturated rings. The molecule has 2 aliphatic heterocycles. The van der Waals surface area contributed by atoms with Crippen LogP contribution in [0.15, 0.2) is 24.3 Å². The molecule has 0 aliphatic carbocycles. The van der Waals surface area contributed by atoms with Crippen molar-refractivity contribution in [1.29, 1.82) is 0 Å². The summed E-state index contributed by atoms with van der Waals surface area (Å²) in [4.78, 5) is 35.3.